The summed E-state index contributed by atoms with van der Waals surface area (Å²) in [6, 6.07) is 13.9. The van der Waals surface area contributed by atoms with Crippen molar-refractivity contribution >= 4 is 11.6 Å². The monoisotopic (exact) mass is 398 g/mol. The molecule has 0 saturated carbocycles. The molecule has 0 amide bonds. The van der Waals surface area contributed by atoms with Gasteiger partial charge in [-0.2, -0.15) is 0 Å². The Morgan fingerprint density at radius 3 is 2.71 bits per heavy atom. The summed E-state index contributed by atoms with van der Waals surface area (Å²) in [7, 11) is 1.76. The number of benzene rings is 2. The van der Waals surface area contributed by atoms with Crippen LogP contribution in [0.2, 0.25) is 5.02 Å². The molecule has 4 rings (SSSR count). The van der Waals surface area contributed by atoms with Crippen molar-refractivity contribution in [3.8, 4) is 5.75 Å². The number of rotatable bonds is 4. The molecule has 2 fully saturated rings. The van der Waals surface area contributed by atoms with E-state index >= 15 is 0 Å². The van der Waals surface area contributed by atoms with Gasteiger partial charge in [0.1, 0.15) is 5.75 Å². The number of hydrogen-bond donors (Lipinski definition) is 0. The Kier molecular flexibility index (Phi) is 5.96. The van der Waals surface area contributed by atoms with Crippen LogP contribution in [-0.2, 0) is 6.54 Å². The highest BCUT2D eigenvalue weighted by atomic mass is 35.5. The molecule has 2 saturated heterocycles. The van der Waals surface area contributed by atoms with Gasteiger partial charge in [0.2, 0.25) is 0 Å². The van der Waals surface area contributed by atoms with Crippen LogP contribution in [0.25, 0.3) is 0 Å². The number of ether oxygens (including phenoxy) is 1. The lowest BCUT2D eigenvalue weighted by Crippen LogP contribution is -2.55. The van der Waals surface area contributed by atoms with E-state index in [0.29, 0.717) is 12.1 Å². The van der Waals surface area contributed by atoms with Crippen LogP contribution in [0.4, 0.5) is 0 Å². The number of methoxy groups -OCH3 is 1. The second-order valence-electron chi connectivity index (χ2n) is 8.31. The van der Waals surface area contributed by atoms with E-state index in [9.17, 15) is 0 Å². The van der Waals surface area contributed by atoms with Crippen LogP contribution >= 0.6 is 11.6 Å². The fourth-order valence-electron chi connectivity index (χ4n) is 5.08. The maximum Gasteiger partial charge on any atom is 0.122 e. The second kappa shape index (κ2) is 8.44. The molecule has 0 spiro atoms. The van der Waals surface area contributed by atoms with Crippen LogP contribution in [0.15, 0.2) is 36.4 Å². The third-order valence-electron chi connectivity index (χ3n) is 6.68. The topological polar surface area (TPSA) is 15.7 Å². The molecule has 0 radical (unpaired) electrons. The summed E-state index contributed by atoms with van der Waals surface area (Å²) in [5, 5.41) is 0.833. The molecule has 2 aromatic carbocycles. The minimum absolute atomic E-state index is 0.539. The van der Waals surface area contributed by atoms with Crippen LogP contribution in [0.5, 0.6) is 5.75 Å². The summed E-state index contributed by atoms with van der Waals surface area (Å²) in [6.07, 6.45) is 3.87. The lowest BCUT2D eigenvalue weighted by Gasteiger charge is -2.49. The van der Waals surface area contributed by atoms with Gasteiger partial charge in [0.25, 0.3) is 0 Å². The summed E-state index contributed by atoms with van der Waals surface area (Å²) in [4.78, 5) is 5.37. The first-order chi connectivity index (χ1) is 13.6. The number of piperidine rings is 1. The number of nitrogens with zero attached hydrogens (tertiary/aromatic N) is 2. The van der Waals surface area contributed by atoms with Gasteiger partial charge in [-0.25, -0.2) is 0 Å². The Morgan fingerprint density at radius 2 is 1.93 bits per heavy atom. The summed E-state index contributed by atoms with van der Waals surface area (Å²) >= 11 is 6.17. The predicted molar refractivity (Wildman–Crippen MR) is 116 cm³/mol. The fraction of sp³-hybridized carbons (Fsp3) is 0.500. The molecule has 0 aliphatic carbocycles. The number of hydrogen-bond acceptors (Lipinski definition) is 3. The van der Waals surface area contributed by atoms with Crippen LogP contribution in [-0.4, -0.2) is 42.6 Å². The maximum atomic E-state index is 6.17. The van der Waals surface area contributed by atoms with Crippen LogP contribution < -0.4 is 4.74 Å². The standard InChI is InChI=1S/C24H31ClN2O/c1-17-18(2)24(28-3)11-10-22(17)23-9-5-8-21-16-26(12-13-27(21)23)15-19-6-4-7-20(25)14-19/h4,6-7,10-11,14,21,23H,5,8-9,12-13,15-16H2,1-3H3/t21-,23+/m0/s1. The zero-order chi connectivity index (χ0) is 19.7. The molecule has 28 heavy (non-hydrogen) atoms. The van der Waals surface area contributed by atoms with Crippen LogP contribution in [0, 0.1) is 13.8 Å². The molecule has 0 N–H and O–H groups in total. The van der Waals surface area contributed by atoms with Crippen LogP contribution in [0.1, 0.15) is 47.6 Å². The SMILES string of the molecule is COc1ccc([C@H]2CCC[C@H]3CN(Cc4cccc(Cl)c4)CCN32)c(C)c1C. The van der Waals surface area contributed by atoms with Gasteiger partial charge in [0.05, 0.1) is 7.11 Å². The third-order valence-corrected chi connectivity index (χ3v) is 6.92. The number of fused-ring (bicyclic) bond motifs is 1. The van der Waals surface area contributed by atoms with Crippen molar-refractivity contribution < 1.29 is 4.74 Å². The van der Waals surface area contributed by atoms with Gasteiger partial charge < -0.3 is 4.74 Å². The Labute approximate surface area is 174 Å². The molecular formula is C24H31ClN2O. The molecule has 150 valence electrons. The van der Waals surface area contributed by atoms with Crippen molar-refractivity contribution in [3.63, 3.8) is 0 Å². The normalized spacial score (nSPS) is 23.4. The Hall–Kier alpha value is -1.55. The Balaban J connectivity index is 1.49. The van der Waals surface area contributed by atoms with E-state index in [0.717, 1.165) is 37.0 Å². The lowest BCUT2D eigenvalue weighted by molar-refractivity contribution is 0.00618. The van der Waals surface area contributed by atoms with Crippen LogP contribution in [0.3, 0.4) is 0 Å². The minimum atomic E-state index is 0.539. The fourth-order valence-corrected chi connectivity index (χ4v) is 5.30. The largest absolute Gasteiger partial charge is 0.496 e. The number of piperazine rings is 1. The highest BCUT2D eigenvalue weighted by Crippen LogP contribution is 2.39. The molecule has 4 heteroatoms. The van der Waals surface area contributed by atoms with Crippen molar-refractivity contribution in [1.82, 2.24) is 9.80 Å². The molecule has 2 aliphatic heterocycles. The first-order valence-electron chi connectivity index (χ1n) is 10.4. The smallest absolute Gasteiger partial charge is 0.122 e. The van der Waals surface area contributed by atoms with E-state index in [1.165, 1.54) is 41.5 Å². The van der Waals surface area contributed by atoms with Crippen molar-refractivity contribution in [1.29, 1.82) is 0 Å². The van der Waals surface area contributed by atoms with Crippen molar-refractivity contribution in [3.05, 3.63) is 63.7 Å². The summed E-state index contributed by atoms with van der Waals surface area (Å²) in [5.41, 5.74) is 5.48. The summed E-state index contributed by atoms with van der Waals surface area (Å²) in [5.74, 6) is 1.000. The molecule has 0 bridgehead atoms. The molecule has 2 aromatic rings. The quantitative estimate of drug-likeness (QED) is 0.687. The molecule has 0 unspecified atom stereocenters. The summed E-state index contributed by atoms with van der Waals surface area (Å²) in [6.45, 7) is 8.84. The van der Waals surface area contributed by atoms with Gasteiger partial charge in [-0.3, -0.25) is 9.80 Å². The number of halogens is 1. The van der Waals surface area contributed by atoms with E-state index in [2.05, 4.69) is 54.0 Å². The maximum absolute atomic E-state index is 6.17. The zero-order valence-corrected chi connectivity index (χ0v) is 18.0. The third kappa shape index (κ3) is 3.94. The molecule has 2 heterocycles. The highest BCUT2D eigenvalue weighted by molar-refractivity contribution is 6.30. The van der Waals surface area contributed by atoms with E-state index in [1.807, 2.05) is 6.07 Å². The van der Waals surface area contributed by atoms with Gasteiger partial charge in [-0.15, -0.1) is 0 Å². The Morgan fingerprint density at radius 1 is 1.07 bits per heavy atom. The highest BCUT2D eigenvalue weighted by Gasteiger charge is 2.36. The van der Waals surface area contributed by atoms with E-state index in [4.69, 9.17) is 16.3 Å². The average Bonchev–Trinajstić information content (AvgIpc) is 2.69. The average molecular weight is 399 g/mol. The van der Waals surface area contributed by atoms with Gasteiger partial charge in [-0.05, 0) is 73.6 Å². The van der Waals surface area contributed by atoms with E-state index in [1.54, 1.807) is 7.11 Å². The van der Waals surface area contributed by atoms with E-state index < -0.39 is 0 Å². The van der Waals surface area contributed by atoms with Crippen molar-refractivity contribution in [2.75, 3.05) is 26.7 Å². The second-order valence-corrected chi connectivity index (χ2v) is 8.75. The Bertz CT molecular complexity index is 837. The zero-order valence-electron chi connectivity index (χ0n) is 17.2. The molecule has 2 aliphatic rings. The van der Waals surface area contributed by atoms with Crippen molar-refractivity contribution in [2.24, 2.45) is 0 Å². The van der Waals surface area contributed by atoms with Gasteiger partial charge in [0, 0.05) is 43.3 Å². The molecule has 0 aromatic heterocycles. The molecular weight excluding hydrogens is 368 g/mol. The van der Waals surface area contributed by atoms with Crippen molar-refractivity contribution in [2.45, 2.75) is 51.7 Å². The van der Waals surface area contributed by atoms with E-state index in [-0.39, 0.29) is 0 Å². The lowest BCUT2D eigenvalue weighted by atomic mass is 9.86. The first-order valence-corrected chi connectivity index (χ1v) is 10.8. The molecule has 2 atom stereocenters. The predicted octanol–water partition coefficient (Wildman–Crippen LogP) is 5.38. The molecule has 3 nitrogen and oxygen atoms in total. The first kappa shape index (κ1) is 19.8. The summed E-state index contributed by atoms with van der Waals surface area (Å²) < 4.78 is 5.52. The van der Waals surface area contributed by atoms with Gasteiger partial charge in [-0.1, -0.05) is 29.8 Å². The van der Waals surface area contributed by atoms with Gasteiger partial charge in [0.15, 0.2) is 0 Å². The minimum Gasteiger partial charge on any atom is -0.496 e. The van der Waals surface area contributed by atoms with Gasteiger partial charge >= 0.3 is 0 Å².